The Balaban J connectivity index is 1.59. The first kappa shape index (κ1) is 16.2. The molecule has 1 amide bonds. The van der Waals surface area contributed by atoms with E-state index in [4.69, 9.17) is 4.74 Å². The zero-order valence-electron chi connectivity index (χ0n) is 14.1. The van der Waals surface area contributed by atoms with Gasteiger partial charge >= 0.3 is 0 Å². The van der Waals surface area contributed by atoms with Crippen molar-refractivity contribution < 1.29 is 9.53 Å². The molecule has 0 atom stereocenters. The van der Waals surface area contributed by atoms with Crippen molar-refractivity contribution >= 4 is 27.3 Å². The first-order valence-electron chi connectivity index (χ1n) is 7.89. The molecule has 0 radical (unpaired) electrons. The quantitative estimate of drug-likeness (QED) is 0.599. The van der Waals surface area contributed by atoms with Crippen LogP contribution in [0.4, 0.5) is 5.13 Å². The Kier molecular flexibility index (Phi) is 4.10. The second kappa shape index (κ2) is 6.57. The number of hydrogen-bond donors (Lipinski definition) is 1. The normalized spacial score (nSPS) is 10.8. The minimum atomic E-state index is -0.241. The van der Waals surface area contributed by atoms with E-state index >= 15 is 0 Å². The fourth-order valence-electron chi connectivity index (χ4n) is 2.46. The SMILES string of the molecule is COc1ccc(C(=O)Nc2nn3c(-c4ccc(C)cc4)nnc3s2)cc1. The van der Waals surface area contributed by atoms with Crippen molar-refractivity contribution in [3.8, 4) is 17.1 Å². The number of hydrogen-bond acceptors (Lipinski definition) is 6. The third-order valence-corrected chi connectivity index (χ3v) is 4.69. The summed E-state index contributed by atoms with van der Waals surface area (Å²) >= 11 is 1.27. The first-order chi connectivity index (χ1) is 12.6. The number of aromatic nitrogens is 4. The minimum Gasteiger partial charge on any atom is -0.497 e. The summed E-state index contributed by atoms with van der Waals surface area (Å²) in [7, 11) is 1.58. The van der Waals surface area contributed by atoms with Crippen LogP contribution in [0.25, 0.3) is 16.3 Å². The summed E-state index contributed by atoms with van der Waals surface area (Å²) in [5, 5.41) is 16.0. The van der Waals surface area contributed by atoms with Gasteiger partial charge in [-0.25, -0.2) is 0 Å². The van der Waals surface area contributed by atoms with Gasteiger partial charge in [0.25, 0.3) is 5.91 Å². The molecule has 2 aromatic carbocycles. The summed E-state index contributed by atoms with van der Waals surface area (Å²) < 4.78 is 6.74. The predicted octanol–water partition coefficient (Wildman–Crippen LogP) is 3.42. The maximum absolute atomic E-state index is 12.4. The molecule has 2 heterocycles. The van der Waals surface area contributed by atoms with E-state index in [1.165, 1.54) is 16.9 Å². The van der Waals surface area contributed by atoms with Crippen LogP contribution in [0, 0.1) is 6.92 Å². The van der Waals surface area contributed by atoms with Crippen molar-refractivity contribution in [3.05, 3.63) is 59.7 Å². The molecule has 2 aromatic heterocycles. The number of aryl methyl sites for hydroxylation is 1. The number of amides is 1. The summed E-state index contributed by atoms with van der Waals surface area (Å²) in [6.45, 7) is 2.03. The van der Waals surface area contributed by atoms with Crippen LogP contribution >= 0.6 is 11.3 Å². The fraction of sp³-hybridized carbons (Fsp3) is 0.111. The van der Waals surface area contributed by atoms with Gasteiger partial charge in [0.05, 0.1) is 7.11 Å². The topological polar surface area (TPSA) is 81.4 Å². The van der Waals surface area contributed by atoms with Crippen molar-refractivity contribution in [3.63, 3.8) is 0 Å². The van der Waals surface area contributed by atoms with Crippen LogP contribution in [0.3, 0.4) is 0 Å². The number of rotatable bonds is 4. The standard InChI is InChI=1S/C18H15N5O2S/c1-11-3-5-12(6-4-11)15-20-21-18-23(15)22-17(26-18)19-16(24)13-7-9-14(25-2)10-8-13/h3-10H,1-2H3,(H,19,22,24). The molecule has 7 nitrogen and oxygen atoms in total. The molecule has 0 bridgehead atoms. The van der Waals surface area contributed by atoms with E-state index in [9.17, 15) is 4.79 Å². The number of nitrogens with one attached hydrogen (secondary N) is 1. The van der Waals surface area contributed by atoms with Gasteiger partial charge in [-0.3, -0.25) is 10.1 Å². The largest absolute Gasteiger partial charge is 0.497 e. The average molecular weight is 365 g/mol. The van der Waals surface area contributed by atoms with Gasteiger partial charge in [-0.1, -0.05) is 41.2 Å². The van der Waals surface area contributed by atoms with E-state index in [-0.39, 0.29) is 5.91 Å². The Labute approximate surface area is 153 Å². The average Bonchev–Trinajstić information content (AvgIpc) is 3.22. The Morgan fingerprint density at radius 2 is 1.81 bits per heavy atom. The van der Waals surface area contributed by atoms with E-state index in [2.05, 4.69) is 20.6 Å². The highest BCUT2D eigenvalue weighted by atomic mass is 32.1. The molecular weight excluding hydrogens is 350 g/mol. The molecule has 0 aliphatic rings. The lowest BCUT2D eigenvalue weighted by Crippen LogP contribution is -2.11. The van der Waals surface area contributed by atoms with Gasteiger partial charge in [0.2, 0.25) is 10.1 Å². The van der Waals surface area contributed by atoms with Crippen molar-refractivity contribution in [1.82, 2.24) is 19.8 Å². The number of carbonyl (C=O) groups excluding carboxylic acids is 1. The number of benzene rings is 2. The van der Waals surface area contributed by atoms with Crippen LogP contribution in [0.1, 0.15) is 15.9 Å². The number of methoxy groups -OCH3 is 1. The lowest BCUT2D eigenvalue weighted by molar-refractivity contribution is 0.102. The molecule has 0 aliphatic carbocycles. The molecule has 4 rings (SSSR count). The van der Waals surface area contributed by atoms with E-state index in [0.29, 0.717) is 27.2 Å². The van der Waals surface area contributed by atoms with E-state index < -0.39 is 0 Å². The number of carbonyl (C=O) groups is 1. The van der Waals surface area contributed by atoms with Gasteiger partial charge in [-0.2, -0.15) is 4.52 Å². The Morgan fingerprint density at radius 1 is 1.08 bits per heavy atom. The summed E-state index contributed by atoms with van der Waals surface area (Å²) in [5.74, 6) is 1.10. The summed E-state index contributed by atoms with van der Waals surface area (Å²) in [6.07, 6.45) is 0. The van der Waals surface area contributed by atoms with Crippen LogP contribution < -0.4 is 10.1 Å². The molecule has 26 heavy (non-hydrogen) atoms. The summed E-state index contributed by atoms with van der Waals surface area (Å²) in [5.41, 5.74) is 2.61. The Bertz CT molecular complexity index is 1070. The van der Waals surface area contributed by atoms with Gasteiger partial charge in [0, 0.05) is 11.1 Å². The molecule has 8 heteroatoms. The summed E-state index contributed by atoms with van der Waals surface area (Å²) in [6, 6.07) is 14.8. The maximum Gasteiger partial charge on any atom is 0.257 e. The van der Waals surface area contributed by atoms with Crippen LogP contribution in [0.2, 0.25) is 0 Å². The van der Waals surface area contributed by atoms with Gasteiger partial charge in [0.1, 0.15) is 5.75 Å². The number of fused-ring (bicyclic) bond motifs is 1. The van der Waals surface area contributed by atoms with Crippen LogP contribution in [0.15, 0.2) is 48.5 Å². The van der Waals surface area contributed by atoms with Crippen LogP contribution in [-0.2, 0) is 0 Å². The maximum atomic E-state index is 12.4. The third kappa shape index (κ3) is 3.02. The van der Waals surface area contributed by atoms with Gasteiger partial charge in [0.15, 0.2) is 5.82 Å². The van der Waals surface area contributed by atoms with Crippen molar-refractivity contribution in [2.45, 2.75) is 6.92 Å². The highest BCUT2D eigenvalue weighted by molar-refractivity contribution is 7.20. The van der Waals surface area contributed by atoms with Gasteiger partial charge in [-0.05, 0) is 31.2 Å². The summed E-state index contributed by atoms with van der Waals surface area (Å²) in [4.78, 5) is 13.0. The number of nitrogens with zero attached hydrogens (tertiary/aromatic N) is 4. The molecular formula is C18H15N5O2S. The molecule has 0 saturated carbocycles. The molecule has 0 saturated heterocycles. The lowest BCUT2D eigenvalue weighted by atomic mass is 10.1. The molecule has 0 unspecified atom stereocenters. The lowest BCUT2D eigenvalue weighted by Gasteiger charge is -2.03. The zero-order chi connectivity index (χ0) is 18.1. The predicted molar refractivity (Wildman–Crippen MR) is 99.8 cm³/mol. The Morgan fingerprint density at radius 3 is 2.50 bits per heavy atom. The van der Waals surface area contributed by atoms with Gasteiger partial charge < -0.3 is 4.74 Å². The van der Waals surface area contributed by atoms with E-state index in [1.807, 2.05) is 31.2 Å². The third-order valence-electron chi connectivity index (χ3n) is 3.87. The van der Waals surface area contributed by atoms with Crippen molar-refractivity contribution in [2.75, 3.05) is 12.4 Å². The Hall–Kier alpha value is -3.26. The van der Waals surface area contributed by atoms with E-state index in [0.717, 1.165) is 5.56 Å². The van der Waals surface area contributed by atoms with Crippen LogP contribution in [-0.4, -0.2) is 32.8 Å². The molecule has 4 aromatic rings. The van der Waals surface area contributed by atoms with E-state index in [1.54, 1.807) is 35.9 Å². The molecule has 0 fully saturated rings. The van der Waals surface area contributed by atoms with Gasteiger partial charge in [-0.15, -0.1) is 15.3 Å². The highest BCUT2D eigenvalue weighted by Crippen LogP contribution is 2.24. The van der Waals surface area contributed by atoms with Crippen LogP contribution in [0.5, 0.6) is 5.75 Å². The monoisotopic (exact) mass is 365 g/mol. The molecule has 1 N–H and O–H groups in total. The fourth-order valence-corrected chi connectivity index (χ4v) is 3.20. The van der Waals surface area contributed by atoms with Crippen molar-refractivity contribution in [2.24, 2.45) is 0 Å². The minimum absolute atomic E-state index is 0.241. The number of ether oxygens (including phenoxy) is 1. The molecule has 0 spiro atoms. The molecule has 130 valence electrons. The highest BCUT2D eigenvalue weighted by Gasteiger charge is 2.15. The zero-order valence-corrected chi connectivity index (χ0v) is 14.9. The van der Waals surface area contributed by atoms with Crippen molar-refractivity contribution in [1.29, 1.82) is 0 Å². The second-order valence-electron chi connectivity index (χ2n) is 5.67. The first-order valence-corrected chi connectivity index (χ1v) is 8.70. The second-order valence-corrected chi connectivity index (χ2v) is 6.63. The smallest absolute Gasteiger partial charge is 0.257 e. The number of anilines is 1. The molecule has 0 aliphatic heterocycles.